The van der Waals surface area contributed by atoms with Gasteiger partial charge in [0.25, 0.3) is 0 Å². The monoisotopic (exact) mass is 322 g/mol. The third kappa shape index (κ3) is 5.59. The molecule has 0 saturated carbocycles. The molecule has 1 aromatic carbocycles. The standard InChI is InChI=1S/C18H27FN2O2/c1-2-9-21-10-7-14(8-11-21)12-18(23)20-17(13-22)15-3-5-16(19)6-4-15/h3-6,14,17,22H,2,7-13H2,1H3,(H,20,23)/t17-/m1/s1. The number of carbonyl (C=O) groups is 1. The molecule has 2 rings (SSSR count). The van der Waals surface area contributed by atoms with Gasteiger partial charge in [0.05, 0.1) is 12.6 Å². The number of likely N-dealkylation sites (tertiary alicyclic amines) is 1. The lowest BCUT2D eigenvalue weighted by atomic mass is 9.93. The molecule has 23 heavy (non-hydrogen) atoms. The zero-order chi connectivity index (χ0) is 16.7. The highest BCUT2D eigenvalue weighted by Crippen LogP contribution is 2.21. The number of halogens is 1. The van der Waals surface area contributed by atoms with E-state index in [0.29, 0.717) is 12.3 Å². The van der Waals surface area contributed by atoms with Crippen molar-refractivity contribution >= 4 is 5.91 Å². The van der Waals surface area contributed by atoms with Gasteiger partial charge < -0.3 is 15.3 Å². The van der Waals surface area contributed by atoms with Gasteiger partial charge in [0.2, 0.25) is 5.91 Å². The molecule has 5 heteroatoms. The number of nitrogens with zero attached hydrogens (tertiary/aromatic N) is 1. The van der Waals surface area contributed by atoms with Crippen LogP contribution in [0.5, 0.6) is 0 Å². The van der Waals surface area contributed by atoms with Gasteiger partial charge in [-0.2, -0.15) is 0 Å². The lowest BCUT2D eigenvalue weighted by Crippen LogP contribution is -2.37. The minimum atomic E-state index is -0.469. The van der Waals surface area contributed by atoms with Gasteiger partial charge in [0.15, 0.2) is 0 Å². The van der Waals surface area contributed by atoms with Crippen molar-refractivity contribution in [1.29, 1.82) is 0 Å². The zero-order valence-electron chi connectivity index (χ0n) is 13.8. The maximum atomic E-state index is 13.0. The fourth-order valence-corrected chi connectivity index (χ4v) is 3.18. The summed E-state index contributed by atoms with van der Waals surface area (Å²) < 4.78 is 13.0. The van der Waals surface area contributed by atoms with E-state index in [4.69, 9.17) is 0 Å². The van der Waals surface area contributed by atoms with Crippen molar-refractivity contribution in [3.05, 3.63) is 35.6 Å². The van der Waals surface area contributed by atoms with Crippen LogP contribution in [0.4, 0.5) is 4.39 Å². The second kappa shape index (κ2) is 8.99. The largest absolute Gasteiger partial charge is 0.394 e. The first-order valence-electron chi connectivity index (χ1n) is 8.50. The molecule has 0 radical (unpaired) electrons. The number of nitrogens with one attached hydrogen (secondary N) is 1. The molecule has 1 heterocycles. The highest BCUT2D eigenvalue weighted by atomic mass is 19.1. The minimum Gasteiger partial charge on any atom is -0.394 e. The Morgan fingerprint density at radius 3 is 2.57 bits per heavy atom. The van der Waals surface area contributed by atoms with Crippen molar-refractivity contribution in [3.63, 3.8) is 0 Å². The Labute approximate surface area is 137 Å². The van der Waals surface area contributed by atoms with Crippen LogP contribution >= 0.6 is 0 Å². The van der Waals surface area contributed by atoms with Crippen molar-refractivity contribution in [1.82, 2.24) is 10.2 Å². The molecule has 1 amide bonds. The van der Waals surface area contributed by atoms with Crippen molar-refractivity contribution in [2.24, 2.45) is 5.92 Å². The van der Waals surface area contributed by atoms with E-state index in [1.807, 2.05) is 0 Å². The first-order valence-corrected chi connectivity index (χ1v) is 8.50. The molecule has 1 aliphatic heterocycles. The van der Waals surface area contributed by atoms with Crippen molar-refractivity contribution in [2.45, 2.75) is 38.6 Å². The number of piperidine rings is 1. The quantitative estimate of drug-likeness (QED) is 0.811. The van der Waals surface area contributed by atoms with E-state index >= 15 is 0 Å². The molecule has 1 aliphatic rings. The molecular formula is C18H27FN2O2. The Balaban J connectivity index is 1.80. The van der Waals surface area contributed by atoms with Crippen molar-refractivity contribution in [2.75, 3.05) is 26.2 Å². The molecule has 0 aromatic heterocycles. The highest BCUT2D eigenvalue weighted by molar-refractivity contribution is 5.76. The molecule has 0 unspecified atom stereocenters. The fourth-order valence-electron chi connectivity index (χ4n) is 3.18. The summed E-state index contributed by atoms with van der Waals surface area (Å²) in [6.45, 7) is 5.26. The third-order valence-corrected chi connectivity index (χ3v) is 4.51. The van der Waals surface area contributed by atoms with Crippen LogP contribution in [0.1, 0.15) is 44.2 Å². The van der Waals surface area contributed by atoms with Gasteiger partial charge in [0, 0.05) is 6.42 Å². The number of hydrogen-bond donors (Lipinski definition) is 2. The predicted octanol–water partition coefficient (Wildman–Crippen LogP) is 2.49. The average molecular weight is 322 g/mol. The van der Waals surface area contributed by atoms with Gasteiger partial charge in [-0.3, -0.25) is 4.79 Å². The first-order chi connectivity index (χ1) is 11.1. The second-order valence-electron chi connectivity index (χ2n) is 6.34. The number of amides is 1. The summed E-state index contributed by atoms with van der Waals surface area (Å²) in [6, 6.07) is 5.41. The number of aliphatic hydroxyl groups excluding tert-OH is 1. The van der Waals surface area contributed by atoms with Gasteiger partial charge in [0.1, 0.15) is 5.82 Å². The van der Waals surface area contributed by atoms with E-state index in [1.54, 1.807) is 12.1 Å². The minimum absolute atomic E-state index is 0.0395. The van der Waals surface area contributed by atoms with E-state index in [1.165, 1.54) is 18.6 Å². The normalized spacial score (nSPS) is 17.9. The smallest absolute Gasteiger partial charge is 0.220 e. The Bertz CT molecular complexity index is 484. The molecule has 4 nitrogen and oxygen atoms in total. The molecule has 128 valence electrons. The summed E-state index contributed by atoms with van der Waals surface area (Å²) in [6.07, 6.45) is 3.76. The van der Waals surface area contributed by atoms with E-state index < -0.39 is 6.04 Å². The van der Waals surface area contributed by atoms with Crippen LogP contribution in [0.3, 0.4) is 0 Å². The molecule has 1 saturated heterocycles. The number of benzene rings is 1. The van der Waals surface area contributed by atoms with Crippen LogP contribution in [0.15, 0.2) is 24.3 Å². The maximum absolute atomic E-state index is 13.0. The van der Waals surface area contributed by atoms with Crippen molar-refractivity contribution < 1.29 is 14.3 Å². The van der Waals surface area contributed by atoms with Gasteiger partial charge in [-0.05, 0) is 62.5 Å². The summed E-state index contributed by atoms with van der Waals surface area (Å²) >= 11 is 0. The van der Waals surface area contributed by atoms with Crippen LogP contribution in [0.25, 0.3) is 0 Å². The second-order valence-corrected chi connectivity index (χ2v) is 6.34. The van der Waals surface area contributed by atoms with Crippen LogP contribution in [-0.2, 0) is 4.79 Å². The van der Waals surface area contributed by atoms with E-state index in [0.717, 1.165) is 38.0 Å². The Morgan fingerprint density at radius 1 is 1.35 bits per heavy atom. The lowest BCUT2D eigenvalue weighted by molar-refractivity contribution is -0.123. The number of rotatable bonds is 7. The van der Waals surface area contributed by atoms with Crippen LogP contribution in [0.2, 0.25) is 0 Å². The molecule has 1 atom stereocenters. The zero-order valence-corrected chi connectivity index (χ0v) is 13.8. The number of aliphatic hydroxyl groups is 1. The van der Waals surface area contributed by atoms with Gasteiger partial charge in [-0.15, -0.1) is 0 Å². The summed E-state index contributed by atoms with van der Waals surface area (Å²) in [4.78, 5) is 14.7. The number of carbonyl (C=O) groups excluding carboxylic acids is 1. The molecule has 0 spiro atoms. The summed E-state index contributed by atoms with van der Waals surface area (Å²) in [5, 5.41) is 12.3. The summed E-state index contributed by atoms with van der Waals surface area (Å²) in [5.74, 6) is 0.0496. The maximum Gasteiger partial charge on any atom is 0.220 e. The summed E-state index contributed by atoms with van der Waals surface area (Å²) in [7, 11) is 0. The fraction of sp³-hybridized carbons (Fsp3) is 0.611. The van der Waals surface area contributed by atoms with E-state index in [-0.39, 0.29) is 18.3 Å². The van der Waals surface area contributed by atoms with Crippen LogP contribution in [-0.4, -0.2) is 42.2 Å². The molecular weight excluding hydrogens is 295 g/mol. The Hall–Kier alpha value is -1.46. The van der Waals surface area contributed by atoms with Crippen LogP contribution in [0, 0.1) is 11.7 Å². The van der Waals surface area contributed by atoms with E-state index in [2.05, 4.69) is 17.1 Å². The average Bonchev–Trinajstić information content (AvgIpc) is 2.56. The lowest BCUT2D eigenvalue weighted by Gasteiger charge is -2.31. The topological polar surface area (TPSA) is 52.6 Å². The third-order valence-electron chi connectivity index (χ3n) is 4.51. The molecule has 0 bridgehead atoms. The Kier molecular flexibility index (Phi) is 6.99. The highest BCUT2D eigenvalue weighted by Gasteiger charge is 2.22. The van der Waals surface area contributed by atoms with E-state index in [9.17, 15) is 14.3 Å². The summed E-state index contributed by atoms with van der Waals surface area (Å²) in [5.41, 5.74) is 0.722. The van der Waals surface area contributed by atoms with Gasteiger partial charge >= 0.3 is 0 Å². The molecule has 2 N–H and O–H groups in total. The number of hydrogen-bond acceptors (Lipinski definition) is 3. The molecule has 1 fully saturated rings. The first kappa shape index (κ1) is 17.9. The Morgan fingerprint density at radius 2 is 2.00 bits per heavy atom. The molecule has 0 aliphatic carbocycles. The molecule has 1 aromatic rings. The SMILES string of the molecule is CCCN1CCC(CC(=O)N[C@H](CO)c2ccc(F)cc2)CC1. The predicted molar refractivity (Wildman–Crippen MR) is 88.4 cm³/mol. The van der Waals surface area contributed by atoms with Crippen molar-refractivity contribution in [3.8, 4) is 0 Å². The van der Waals surface area contributed by atoms with Crippen LogP contribution < -0.4 is 5.32 Å². The van der Waals surface area contributed by atoms with Gasteiger partial charge in [-0.1, -0.05) is 19.1 Å². The van der Waals surface area contributed by atoms with Gasteiger partial charge in [-0.25, -0.2) is 4.39 Å².